The van der Waals surface area contributed by atoms with E-state index in [0.717, 1.165) is 18.3 Å². The minimum absolute atomic E-state index is 0.616. The minimum atomic E-state index is 0.616. The first-order valence-corrected chi connectivity index (χ1v) is 7.21. The lowest BCUT2D eigenvalue weighted by atomic mass is 10.2. The quantitative estimate of drug-likeness (QED) is 0.891. The topological polar surface area (TPSA) is 44.0 Å². The van der Waals surface area contributed by atoms with Crippen molar-refractivity contribution in [3.05, 3.63) is 23.0 Å². The number of aromatic nitrogens is 1. The minimum Gasteiger partial charge on any atom is -0.340 e. The molecule has 19 heavy (non-hydrogen) atoms. The van der Waals surface area contributed by atoms with E-state index < -0.39 is 0 Å². The fraction of sp³-hybridized carbons (Fsp3) is 0.667. The van der Waals surface area contributed by atoms with Crippen molar-refractivity contribution >= 4 is 0 Å². The summed E-state index contributed by atoms with van der Waals surface area (Å²) in [5.74, 6) is 0. The van der Waals surface area contributed by atoms with Crippen molar-refractivity contribution in [3.8, 4) is 6.07 Å². The van der Waals surface area contributed by atoms with E-state index >= 15 is 0 Å². The Labute approximate surface area is 115 Å². The van der Waals surface area contributed by atoms with Crippen LogP contribution >= 0.6 is 0 Å². The van der Waals surface area contributed by atoms with Gasteiger partial charge in [0.15, 0.2) is 0 Å². The van der Waals surface area contributed by atoms with Crippen LogP contribution < -0.4 is 5.32 Å². The predicted octanol–water partition coefficient (Wildman–Crippen LogP) is 1.53. The van der Waals surface area contributed by atoms with Crippen LogP contribution in [0.3, 0.4) is 0 Å². The second kappa shape index (κ2) is 4.99. The van der Waals surface area contributed by atoms with E-state index in [0.29, 0.717) is 6.04 Å². The summed E-state index contributed by atoms with van der Waals surface area (Å²) in [6.07, 6.45) is 4.06. The average molecular weight is 258 g/mol. The molecule has 1 aliphatic heterocycles. The molecule has 1 aromatic heterocycles. The summed E-state index contributed by atoms with van der Waals surface area (Å²) < 4.78 is 1.97. The van der Waals surface area contributed by atoms with Gasteiger partial charge in [-0.05, 0) is 37.8 Å². The summed E-state index contributed by atoms with van der Waals surface area (Å²) in [6, 6.07) is 5.75. The Balaban J connectivity index is 1.56. The van der Waals surface area contributed by atoms with Crippen LogP contribution in [0.25, 0.3) is 0 Å². The Hall–Kier alpha value is -1.31. The lowest BCUT2D eigenvalue weighted by molar-refractivity contribution is 0.317. The zero-order valence-corrected chi connectivity index (χ0v) is 11.8. The van der Waals surface area contributed by atoms with Crippen LogP contribution in [0.4, 0.5) is 0 Å². The molecule has 0 bridgehead atoms. The maximum absolute atomic E-state index is 9.04. The highest BCUT2D eigenvalue weighted by Crippen LogP contribution is 2.29. The van der Waals surface area contributed by atoms with Gasteiger partial charge in [-0.3, -0.25) is 4.90 Å². The zero-order valence-electron chi connectivity index (χ0n) is 11.8. The van der Waals surface area contributed by atoms with Crippen LogP contribution in [0, 0.1) is 18.3 Å². The molecule has 1 N–H and O–H groups in total. The van der Waals surface area contributed by atoms with Crippen molar-refractivity contribution < 1.29 is 0 Å². The molecule has 0 aromatic carbocycles. The van der Waals surface area contributed by atoms with Crippen LogP contribution in [0.15, 0.2) is 6.07 Å². The van der Waals surface area contributed by atoms with Gasteiger partial charge in [0.1, 0.15) is 11.8 Å². The van der Waals surface area contributed by atoms with Crippen LogP contribution in [0.2, 0.25) is 0 Å². The molecule has 4 heteroatoms. The fourth-order valence-corrected chi connectivity index (χ4v) is 3.03. The number of nitrogens with one attached hydrogen (secondary N) is 1. The Morgan fingerprint density at radius 3 is 2.84 bits per heavy atom. The van der Waals surface area contributed by atoms with Crippen LogP contribution in [-0.4, -0.2) is 34.6 Å². The molecule has 2 fully saturated rings. The molecule has 1 saturated carbocycles. The molecule has 102 valence electrons. The summed E-state index contributed by atoms with van der Waals surface area (Å²) in [5, 5.41) is 12.7. The van der Waals surface area contributed by atoms with Crippen molar-refractivity contribution in [3.63, 3.8) is 0 Å². The van der Waals surface area contributed by atoms with Crippen molar-refractivity contribution in [2.24, 2.45) is 7.05 Å². The molecule has 1 aromatic rings. The maximum atomic E-state index is 9.04. The molecule has 4 nitrogen and oxygen atoms in total. The van der Waals surface area contributed by atoms with Crippen molar-refractivity contribution in [2.45, 2.75) is 44.8 Å². The van der Waals surface area contributed by atoms with Gasteiger partial charge in [-0.15, -0.1) is 0 Å². The largest absolute Gasteiger partial charge is 0.340 e. The van der Waals surface area contributed by atoms with E-state index in [2.05, 4.69) is 23.2 Å². The Morgan fingerprint density at radius 1 is 1.42 bits per heavy atom. The van der Waals surface area contributed by atoms with Gasteiger partial charge in [0.25, 0.3) is 0 Å². The number of rotatable bonds is 4. The molecule has 1 saturated heterocycles. The summed E-state index contributed by atoms with van der Waals surface area (Å²) in [4.78, 5) is 2.62. The highest BCUT2D eigenvalue weighted by Gasteiger charge is 2.34. The average Bonchev–Trinajstić information content (AvgIpc) is 3.10. The van der Waals surface area contributed by atoms with Crippen LogP contribution in [-0.2, 0) is 13.6 Å². The third kappa shape index (κ3) is 2.54. The highest BCUT2D eigenvalue weighted by molar-refractivity contribution is 5.34. The zero-order chi connectivity index (χ0) is 13.4. The standard InChI is InChI=1S/C15H22N4/c1-11-12(7-15(8-16)18(11)2)9-17-13-5-6-19(10-13)14-3-4-14/h7,13-14,17H,3-6,9-10H2,1-2H3. The Bertz CT molecular complexity index is 507. The monoisotopic (exact) mass is 258 g/mol. The van der Waals surface area contributed by atoms with Gasteiger partial charge < -0.3 is 9.88 Å². The third-order valence-electron chi connectivity index (χ3n) is 4.62. The first kappa shape index (κ1) is 12.7. The summed E-state index contributed by atoms with van der Waals surface area (Å²) >= 11 is 0. The molecule has 0 spiro atoms. The summed E-state index contributed by atoms with van der Waals surface area (Å²) in [7, 11) is 1.96. The molecule has 1 atom stereocenters. The first-order valence-electron chi connectivity index (χ1n) is 7.21. The molecule has 0 amide bonds. The Kier molecular flexibility index (Phi) is 3.34. The number of nitrogens with zero attached hydrogens (tertiary/aromatic N) is 3. The van der Waals surface area contributed by atoms with E-state index in [1.54, 1.807) is 0 Å². The van der Waals surface area contributed by atoms with Gasteiger partial charge in [-0.2, -0.15) is 5.26 Å². The molecule has 2 heterocycles. The number of hydrogen-bond acceptors (Lipinski definition) is 3. The summed E-state index contributed by atoms with van der Waals surface area (Å²) in [5.41, 5.74) is 3.20. The third-order valence-corrected chi connectivity index (χ3v) is 4.62. The SMILES string of the molecule is Cc1c(CNC2CCN(C3CC3)C2)cc(C#N)n1C. The lowest BCUT2D eigenvalue weighted by Gasteiger charge is -2.15. The molecule has 0 radical (unpaired) electrons. The fourth-order valence-electron chi connectivity index (χ4n) is 3.03. The Morgan fingerprint density at radius 2 is 2.21 bits per heavy atom. The van der Waals surface area contributed by atoms with Gasteiger partial charge in [0.2, 0.25) is 0 Å². The van der Waals surface area contributed by atoms with E-state index in [-0.39, 0.29) is 0 Å². The molecule has 3 rings (SSSR count). The lowest BCUT2D eigenvalue weighted by Crippen LogP contribution is -2.32. The molecule has 1 aliphatic carbocycles. The number of hydrogen-bond donors (Lipinski definition) is 1. The summed E-state index contributed by atoms with van der Waals surface area (Å²) in [6.45, 7) is 5.41. The van der Waals surface area contributed by atoms with Gasteiger partial charge in [0.05, 0.1) is 0 Å². The van der Waals surface area contributed by atoms with Crippen molar-refractivity contribution in [1.29, 1.82) is 5.26 Å². The van der Waals surface area contributed by atoms with Gasteiger partial charge in [0, 0.05) is 44.5 Å². The normalized spacial score (nSPS) is 23.7. The van der Waals surface area contributed by atoms with E-state index in [1.165, 1.54) is 43.6 Å². The number of nitriles is 1. The molecule has 2 aliphatic rings. The van der Waals surface area contributed by atoms with Crippen LogP contribution in [0.1, 0.15) is 36.2 Å². The molecular weight excluding hydrogens is 236 g/mol. The first-order chi connectivity index (χ1) is 9.19. The predicted molar refractivity (Wildman–Crippen MR) is 74.7 cm³/mol. The smallest absolute Gasteiger partial charge is 0.120 e. The second-order valence-corrected chi connectivity index (χ2v) is 5.90. The van der Waals surface area contributed by atoms with Gasteiger partial charge in [-0.1, -0.05) is 0 Å². The second-order valence-electron chi connectivity index (χ2n) is 5.90. The van der Waals surface area contributed by atoms with Crippen LogP contribution in [0.5, 0.6) is 0 Å². The number of likely N-dealkylation sites (tertiary alicyclic amines) is 1. The van der Waals surface area contributed by atoms with E-state index in [9.17, 15) is 0 Å². The van der Waals surface area contributed by atoms with Gasteiger partial charge >= 0.3 is 0 Å². The van der Waals surface area contributed by atoms with Crippen molar-refractivity contribution in [2.75, 3.05) is 13.1 Å². The van der Waals surface area contributed by atoms with E-state index in [1.807, 2.05) is 17.7 Å². The molecular formula is C15H22N4. The molecule has 1 unspecified atom stereocenters. The van der Waals surface area contributed by atoms with E-state index in [4.69, 9.17) is 5.26 Å². The van der Waals surface area contributed by atoms with Crippen molar-refractivity contribution in [1.82, 2.24) is 14.8 Å². The highest BCUT2D eigenvalue weighted by atomic mass is 15.2. The van der Waals surface area contributed by atoms with Gasteiger partial charge in [-0.25, -0.2) is 0 Å². The maximum Gasteiger partial charge on any atom is 0.120 e.